The number of aromatic nitrogens is 2. The number of alkyl halides is 3. The normalized spacial score (nSPS) is 11.7. The molecule has 2 heterocycles. The summed E-state index contributed by atoms with van der Waals surface area (Å²) in [5.41, 5.74) is -2.14. The van der Waals surface area contributed by atoms with Crippen molar-refractivity contribution in [2.24, 2.45) is 0 Å². The van der Waals surface area contributed by atoms with Gasteiger partial charge >= 0.3 is 6.18 Å². The summed E-state index contributed by atoms with van der Waals surface area (Å²) < 4.78 is 52.8. The lowest BCUT2D eigenvalue weighted by Gasteiger charge is -2.11. The van der Waals surface area contributed by atoms with Gasteiger partial charge in [0.25, 0.3) is 0 Å². The molecule has 0 spiro atoms. The van der Waals surface area contributed by atoms with Crippen molar-refractivity contribution < 1.29 is 22.4 Å². The van der Waals surface area contributed by atoms with Crippen molar-refractivity contribution in [3.05, 3.63) is 71.4 Å². The van der Waals surface area contributed by atoms with Crippen LogP contribution in [0.25, 0.3) is 10.9 Å². The lowest BCUT2D eigenvalue weighted by Crippen LogP contribution is -2.13. The van der Waals surface area contributed by atoms with E-state index in [4.69, 9.17) is 0 Å². The fourth-order valence-electron chi connectivity index (χ4n) is 2.18. The van der Waals surface area contributed by atoms with Crippen molar-refractivity contribution >= 4 is 16.7 Å². The number of rotatable bonds is 2. The predicted octanol–water partition coefficient (Wildman–Crippen LogP) is 4.02. The van der Waals surface area contributed by atoms with Crippen LogP contribution in [0.1, 0.15) is 21.7 Å². The number of pyridine rings is 2. The zero-order valence-electron chi connectivity index (χ0n) is 11.4. The zero-order valence-corrected chi connectivity index (χ0v) is 11.4. The van der Waals surface area contributed by atoms with Crippen molar-refractivity contribution in [2.45, 2.75) is 6.18 Å². The van der Waals surface area contributed by atoms with Gasteiger partial charge in [-0.05, 0) is 24.3 Å². The van der Waals surface area contributed by atoms with Gasteiger partial charge in [-0.2, -0.15) is 13.2 Å². The highest BCUT2D eigenvalue weighted by Gasteiger charge is 2.34. The topological polar surface area (TPSA) is 42.9 Å². The standard InChI is InChI=1S/C16H8F4N2O/c17-11-5-3-4-9-10(15(23)12-6-1-2-7-21-12)8-13(16(18,19)20)22-14(9)11/h1-8H. The molecule has 3 aromatic rings. The Balaban J connectivity index is 2.31. The Hall–Kier alpha value is -2.83. The number of fused-ring (bicyclic) bond motifs is 1. The SMILES string of the molecule is O=C(c1ccccn1)c1cc(C(F)(F)F)nc2c(F)cccc12. The minimum absolute atomic E-state index is 0.00801. The fraction of sp³-hybridized carbons (Fsp3) is 0.0625. The number of carbonyl (C=O) groups is 1. The molecule has 0 bridgehead atoms. The van der Waals surface area contributed by atoms with Gasteiger partial charge in [0, 0.05) is 17.1 Å². The summed E-state index contributed by atoms with van der Waals surface area (Å²) in [5, 5.41) is 0.00801. The molecule has 0 atom stereocenters. The minimum Gasteiger partial charge on any atom is -0.287 e. The van der Waals surface area contributed by atoms with E-state index in [2.05, 4.69) is 9.97 Å². The van der Waals surface area contributed by atoms with Gasteiger partial charge in [0.2, 0.25) is 5.78 Å². The van der Waals surface area contributed by atoms with Crippen LogP contribution < -0.4 is 0 Å². The summed E-state index contributed by atoms with van der Waals surface area (Å²) in [6.07, 6.45) is -3.45. The Bertz CT molecular complexity index is 892. The molecule has 3 rings (SSSR count). The maximum Gasteiger partial charge on any atom is 0.433 e. The molecule has 7 heteroatoms. The largest absolute Gasteiger partial charge is 0.433 e. The van der Waals surface area contributed by atoms with E-state index < -0.39 is 29.0 Å². The number of nitrogens with zero attached hydrogens (tertiary/aromatic N) is 2. The molecule has 0 aliphatic heterocycles. The highest BCUT2D eigenvalue weighted by atomic mass is 19.4. The van der Waals surface area contributed by atoms with Gasteiger partial charge in [0.05, 0.1) is 0 Å². The lowest BCUT2D eigenvalue weighted by molar-refractivity contribution is -0.141. The monoisotopic (exact) mass is 320 g/mol. The van der Waals surface area contributed by atoms with Crippen LogP contribution in [0, 0.1) is 5.82 Å². The van der Waals surface area contributed by atoms with E-state index in [1.165, 1.54) is 30.5 Å². The Morgan fingerprint density at radius 2 is 1.83 bits per heavy atom. The first kappa shape index (κ1) is 15.1. The first-order valence-electron chi connectivity index (χ1n) is 6.50. The van der Waals surface area contributed by atoms with Crippen LogP contribution in [-0.2, 0) is 6.18 Å². The molecule has 0 radical (unpaired) electrons. The maximum atomic E-state index is 13.8. The molecule has 0 unspecified atom stereocenters. The third-order valence-corrected chi connectivity index (χ3v) is 3.22. The maximum absolute atomic E-state index is 13.8. The summed E-state index contributed by atoms with van der Waals surface area (Å²) in [7, 11) is 0. The van der Waals surface area contributed by atoms with Crippen LogP contribution in [-0.4, -0.2) is 15.8 Å². The van der Waals surface area contributed by atoms with Gasteiger partial charge in [-0.3, -0.25) is 9.78 Å². The van der Waals surface area contributed by atoms with E-state index in [1.807, 2.05) is 0 Å². The number of carbonyl (C=O) groups excluding carboxylic acids is 1. The number of hydrogen-bond acceptors (Lipinski definition) is 3. The number of halogens is 4. The predicted molar refractivity (Wildman–Crippen MR) is 74.4 cm³/mol. The summed E-state index contributed by atoms with van der Waals surface area (Å²) in [6, 6.07) is 8.76. The van der Waals surface area contributed by atoms with E-state index in [1.54, 1.807) is 6.07 Å². The van der Waals surface area contributed by atoms with Crippen LogP contribution >= 0.6 is 0 Å². The van der Waals surface area contributed by atoms with Gasteiger partial charge in [-0.1, -0.05) is 18.2 Å². The van der Waals surface area contributed by atoms with E-state index >= 15 is 0 Å². The third-order valence-electron chi connectivity index (χ3n) is 3.22. The van der Waals surface area contributed by atoms with E-state index in [0.29, 0.717) is 6.07 Å². The Labute approximate surface area is 127 Å². The van der Waals surface area contributed by atoms with Gasteiger partial charge < -0.3 is 0 Å². The molecule has 116 valence electrons. The van der Waals surface area contributed by atoms with Crippen LogP contribution in [0.15, 0.2) is 48.7 Å². The smallest absolute Gasteiger partial charge is 0.287 e. The molecule has 2 aromatic heterocycles. The van der Waals surface area contributed by atoms with Crippen LogP contribution in [0.5, 0.6) is 0 Å². The fourth-order valence-corrected chi connectivity index (χ4v) is 2.18. The number of para-hydroxylation sites is 1. The third kappa shape index (κ3) is 2.77. The van der Waals surface area contributed by atoms with Crippen molar-refractivity contribution in [1.82, 2.24) is 9.97 Å². The highest BCUT2D eigenvalue weighted by Crippen LogP contribution is 2.32. The quantitative estimate of drug-likeness (QED) is 0.529. The van der Waals surface area contributed by atoms with Gasteiger partial charge in [-0.15, -0.1) is 0 Å². The molecule has 0 aliphatic carbocycles. The van der Waals surface area contributed by atoms with Crippen molar-refractivity contribution in [3.63, 3.8) is 0 Å². The van der Waals surface area contributed by atoms with Gasteiger partial charge in [0.1, 0.15) is 22.7 Å². The summed E-state index contributed by atoms with van der Waals surface area (Å²) in [6.45, 7) is 0. The molecule has 0 saturated carbocycles. The van der Waals surface area contributed by atoms with Crippen LogP contribution in [0.3, 0.4) is 0 Å². The molecule has 0 aliphatic rings. The van der Waals surface area contributed by atoms with Crippen molar-refractivity contribution in [1.29, 1.82) is 0 Å². The number of hydrogen-bond donors (Lipinski definition) is 0. The summed E-state index contributed by atoms with van der Waals surface area (Å²) in [4.78, 5) is 19.6. The Morgan fingerprint density at radius 3 is 2.48 bits per heavy atom. The second-order valence-corrected chi connectivity index (χ2v) is 4.73. The second-order valence-electron chi connectivity index (χ2n) is 4.73. The first-order valence-corrected chi connectivity index (χ1v) is 6.50. The highest BCUT2D eigenvalue weighted by molar-refractivity contribution is 6.15. The molecule has 23 heavy (non-hydrogen) atoms. The van der Waals surface area contributed by atoms with E-state index in [0.717, 1.165) is 6.07 Å². The molecule has 0 saturated heterocycles. The molecule has 1 aromatic carbocycles. The average Bonchev–Trinajstić information content (AvgIpc) is 2.54. The first-order chi connectivity index (χ1) is 10.9. The minimum atomic E-state index is -4.80. The van der Waals surface area contributed by atoms with Gasteiger partial charge in [-0.25, -0.2) is 9.37 Å². The zero-order chi connectivity index (χ0) is 16.6. The van der Waals surface area contributed by atoms with Crippen LogP contribution in [0.4, 0.5) is 17.6 Å². The van der Waals surface area contributed by atoms with Crippen molar-refractivity contribution in [2.75, 3.05) is 0 Å². The number of ketones is 1. The Kier molecular flexibility index (Phi) is 3.55. The molecule has 3 nitrogen and oxygen atoms in total. The van der Waals surface area contributed by atoms with Crippen LogP contribution in [0.2, 0.25) is 0 Å². The summed E-state index contributed by atoms with van der Waals surface area (Å²) >= 11 is 0. The van der Waals surface area contributed by atoms with E-state index in [9.17, 15) is 22.4 Å². The lowest BCUT2D eigenvalue weighted by atomic mass is 10.0. The summed E-state index contributed by atoms with van der Waals surface area (Å²) in [5.74, 6) is -1.65. The molecule has 0 fully saturated rings. The van der Waals surface area contributed by atoms with Gasteiger partial charge in [0.15, 0.2) is 0 Å². The molecule has 0 N–H and O–H groups in total. The van der Waals surface area contributed by atoms with E-state index in [-0.39, 0.29) is 16.6 Å². The average molecular weight is 320 g/mol. The molecule has 0 amide bonds. The van der Waals surface area contributed by atoms with Crippen molar-refractivity contribution in [3.8, 4) is 0 Å². The Morgan fingerprint density at radius 1 is 1.04 bits per heavy atom. The molecular weight excluding hydrogens is 312 g/mol. The second kappa shape index (κ2) is 5.42. The molecular formula is C16H8F4N2O. The number of benzene rings is 1.